The first-order chi connectivity index (χ1) is 9.93. The minimum Gasteiger partial charge on any atom is -0.338 e. The molecule has 0 bridgehead atoms. The molecule has 4 N–H and O–H groups in total. The Hall–Kier alpha value is -2.94. The number of carbonyl (C=O) groups is 1. The van der Waals surface area contributed by atoms with Gasteiger partial charge >= 0.3 is 0 Å². The zero-order valence-electron chi connectivity index (χ0n) is 11.3. The average Bonchev–Trinajstić information content (AvgIpc) is 2.78. The Morgan fingerprint density at radius 3 is 2.67 bits per heavy atom. The van der Waals surface area contributed by atoms with Crippen molar-refractivity contribution in [1.29, 1.82) is 0 Å². The molecule has 1 aromatic heterocycles. The maximum absolute atomic E-state index is 12.2. The zero-order valence-corrected chi connectivity index (χ0v) is 11.3. The van der Waals surface area contributed by atoms with Gasteiger partial charge in [0.2, 0.25) is 5.88 Å². The predicted octanol–water partition coefficient (Wildman–Crippen LogP) is 1.74. The van der Waals surface area contributed by atoms with E-state index in [0.717, 1.165) is 0 Å². The molecule has 0 radical (unpaired) electrons. The molecule has 0 aliphatic carbocycles. The van der Waals surface area contributed by atoms with Crippen LogP contribution in [-0.2, 0) is 0 Å². The monoisotopic (exact) mass is 291 g/mol. The molecule has 0 saturated carbocycles. The third-order valence-corrected chi connectivity index (χ3v) is 2.99. The van der Waals surface area contributed by atoms with Gasteiger partial charge in [0.05, 0.1) is 10.6 Å². The topological polar surface area (TPSA) is 136 Å². The van der Waals surface area contributed by atoms with Gasteiger partial charge < -0.3 is 9.95 Å². The predicted molar refractivity (Wildman–Crippen MR) is 74.8 cm³/mol. The van der Waals surface area contributed by atoms with E-state index in [1.165, 1.54) is 18.2 Å². The van der Waals surface area contributed by atoms with E-state index in [1.807, 2.05) is 0 Å². The second-order valence-electron chi connectivity index (χ2n) is 4.31. The maximum Gasteiger partial charge on any atom is 0.282 e. The number of nitrogens with two attached hydrogens (primary N) is 1. The second kappa shape index (κ2) is 5.59. The number of nitrogen functional groups attached to an aromatic ring is 1. The smallest absolute Gasteiger partial charge is 0.282 e. The van der Waals surface area contributed by atoms with Gasteiger partial charge in [-0.25, -0.2) is 0 Å². The van der Waals surface area contributed by atoms with Crippen LogP contribution < -0.4 is 16.6 Å². The molecular weight excluding hydrogens is 278 g/mol. The van der Waals surface area contributed by atoms with E-state index in [1.54, 1.807) is 13.8 Å². The summed E-state index contributed by atoms with van der Waals surface area (Å²) in [5, 5.41) is 17.1. The summed E-state index contributed by atoms with van der Waals surface area (Å²) in [6, 6.07) is 3.88. The lowest BCUT2D eigenvalue weighted by Crippen LogP contribution is -2.15. The maximum atomic E-state index is 12.2. The number of amides is 1. The number of nitro benzene ring substituents is 1. The summed E-state index contributed by atoms with van der Waals surface area (Å²) in [5.74, 6) is 4.71. The van der Waals surface area contributed by atoms with Gasteiger partial charge in [0.1, 0.15) is 5.56 Å². The highest BCUT2D eigenvalue weighted by Crippen LogP contribution is 2.25. The van der Waals surface area contributed by atoms with Crippen LogP contribution in [0.15, 0.2) is 22.7 Å². The second-order valence-corrected chi connectivity index (χ2v) is 4.31. The first kappa shape index (κ1) is 14.5. The number of nitro groups is 1. The van der Waals surface area contributed by atoms with Crippen molar-refractivity contribution in [1.82, 2.24) is 5.16 Å². The number of nitrogens with zero attached hydrogens (tertiary/aromatic N) is 2. The summed E-state index contributed by atoms with van der Waals surface area (Å²) in [6.45, 7) is 3.43. The SMILES string of the molecule is Cc1noc(NC(=O)c2cc(NN)ccc2[N+](=O)[O-])c1C. The molecule has 0 aliphatic heterocycles. The van der Waals surface area contributed by atoms with Crippen LogP contribution in [-0.4, -0.2) is 16.0 Å². The highest BCUT2D eigenvalue weighted by molar-refractivity contribution is 6.07. The fraction of sp³-hybridized carbons (Fsp3) is 0.167. The van der Waals surface area contributed by atoms with Gasteiger partial charge in [0, 0.05) is 17.3 Å². The average molecular weight is 291 g/mol. The molecule has 1 heterocycles. The quantitative estimate of drug-likeness (QED) is 0.443. The minimum atomic E-state index is -0.682. The molecule has 0 unspecified atom stereocenters. The third-order valence-electron chi connectivity index (χ3n) is 2.99. The van der Waals surface area contributed by atoms with Gasteiger partial charge in [-0.1, -0.05) is 5.16 Å². The van der Waals surface area contributed by atoms with Crippen LogP contribution in [0.4, 0.5) is 17.3 Å². The normalized spacial score (nSPS) is 10.2. The summed E-state index contributed by atoms with van der Waals surface area (Å²) >= 11 is 0. The number of hydrazine groups is 1. The largest absolute Gasteiger partial charge is 0.338 e. The van der Waals surface area contributed by atoms with E-state index < -0.39 is 10.8 Å². The van der Waals surface area contributed by atoms with Crippen molar-refractivity contribution < 1.29 is 14.2 Å². The Morgan fingerprint density at radius 2 is 2.14 bits per heavy atom. The van der Waals surface area contributed by atoms with Crippen LogP contribution in [0, 0.1) is 24.0 Å². The number of hydrogen-bond donors (Lipinski definition) is 3. The van der Waals surface area contributed by atoms with Crippen LogP contribution in [0.5, 0.6) is 0 Å². The van der Waals surface area contributed by atoms with E-state index in [-0.39, 0.29) is 17.1 Å². The lowest BCUT2D eigenvalue weighted by Gasteiger charge is -2.06. The van der Waals surface area contributed by atoms with E-state index in [0.29, 0.717) is 16.9 Å². The minimum absolute atomic E-state index is 0.135. The fourth-order valence-corrected chi connectivity index (χ4v) is 1.67. The van der Waals surface area contributed by atoms with Crippen molar-refractivity contribution in [2.75, 3.05) is 10.7 Å². The van der Waals surface area contributed by atoms with Gasteiger partial charge in [0.15, 0.2) is 0 Å². The van der Waals surface area contributed by atoms with Gasteiger partial charge in [0.25, 0.3) is 11.6 Å². The number of aryl methyl sites for hydroxylation is 1. The summed E-state index contributed by atoms with van der Waals surface area (Å²) in [6.07, 6.45) is 0. The number of benzene rings is 1. The fourth-order valence-electron chi connectivity index (χ4n) is 1.67. The van der Waals surface area contributed by atoms with Crippen LogP contribution in [0.1, 0.15) is 21.6 Å². The van der Waals surface area contributed by atoms with Gasteiger partial charge in [-0.15, -0.1) is 0 Å². The van der Waals surface area contributed by atoms with Crippen molar-refractivity contribution in [2.24, 2.45) is 5.84 Å². The highest BCUT2D eigenvalue weighted by atomic mass is 16.6. The first-order valence-electron chi connectivity index (χ1n) is 5.93. The van der Waals surface area contributed by atoms with E-state index in [4.69, 9.17) is 10.4 Å². The molecule has 9 heteroatoms. The lowest BCUT2D eigenvalue weighted by atomic mass is 10.1. The van der Waals surface area contributed by atoms with Crippen LogP contribution in [0.2, 0.25) is 0 Å². The summed E-state index contributed by atoms with van der Waals surface area (Å²) in [4.78, 5) is 22.5. The standard InChI is InChI=1S/C12H13N5O4/c1-6-7(2)16-21-12(6)14-11(18)9-5-8(15-13)3-4-10(9)17(19)20/h3-5,15H,13H2,1-2H3,(H,14,18). The molecule has 21 heavy (non-hydrogen) atoms. The van der Waals surface area contributed by atoms with E-state index in [2.05, 4.69) is 15.9 Å². The summed E-state index contributed by atoms with van der Waals surface area (Å²) in [5.41, 5.74) is 3.51. The number of rotatable bonds is 4. The van der Waals surface area contributed by atoms with Crippen LogP contribution in [0.3, 0.4) is 0 Å². The number of anilines is 2. The molecule has 0 saturated heterocycles. The van der Waals surface area contributed by atoms with E-state index >= 15 is 0 Å². The molecule has 0 aliphatic rings. The number of aromatic nitrogens is 1. The Morgan fingerprint density at radius 1 is 1.43 bits per heavy atom. The van der Waals surface area contributed by atoms with Gasteiger partial charge in [-0.2, -0.15) is 0 Å². The Kier molecular flexibility index (Phi) is 3.85. The molecule has 2 rings (SSSR count). The Bertz CT molecular complexity index is 710. The molecule has 2 aromatic rings. The Balaban J connectivity index is 2.37. The van der Waals surface area contributed by atoms with Crippen molar-refractivity contribution in [3.05, 3.63) is 45.1 Å². The molecule has 1 aromatic carbocycles. The van der Waals surface area contributed by atoms with Crippen LogP contribution in [0.25, 0.3) is 0 Å². The van der Waals surface area contributed by atoms with Crippen molar-refractivity contribution in [3.63, 3.8) is 0 Å². The number of nitrogens with one attached hydrogen (secondary N) is 2. The first-order valence-corrected chi connectivity index (χ1v) is 5.93. The molecule has 0 spiro atoms. The molecule has 0 fully saturated rings. The summed E-state index contributed by atoms with van der Waals surface area (Å²) < 4.78 is 4.95. The zero-order chi connectivity index (χ0) is 15.6. The van der Waals surface area contributed by atoms with E-state index in [9.17, 15) is 14.9 Å². The van der Waals surface area contributed by atoms with Crippen molar-refractivity contribution in [3.8, 4) is 0 Å². The molecule has 110 valence electrons. The molecular formula is C12H13N5O4. The van der Waals surface area contributed by atoms with Crippen molar-refractivity contribution >= 4 is 23.2 Å². The van der Waals surface area contributed by atoms with Gasteiger partial charge in [-0.3, -0.25) is 26.1 Å². The Labute approximate surface area is 119 Å². The lowest BCUT2D eigenvalue weighted by molar-refractivity contribution is -0.385. The molecule has 0 atom stereocenters. The number of carbonyl (C=O) groups excluding carboxylic acids is 1. The summed E-state index contributed by atoms with van der Waals surface area (Å²) in [7, 11) is 0. The third kappa shape index (κ3) is 2.82. The molecule has 1 amide bonds. The van der Waals surface area contributed by atoms with Gasteiger partial charge in [-0.05, 0) is 26.0 Å². The number of hydrogen-bond acceptors (Lipinski definition) is 7. The highest BCUT2D eigenvalue weighted by Gasteiger charge is 2.22. The molecule has 9 nitrogen and oxygen atoms in total. The van der Waals surface area contributed by atoms with Crippen molar-refractivity contribution in [2.45, 2.75) is 13.8 Å². The van der Waals surface area contributed by atoms with Crippen LogP contribution >= 0.6 is 0 Å².